The fourth-order valence-electron chi connectivity index (χ4n) is 4.83. The third-order valence-corrected chi connectivity index (χ3v) is 9.17. The number of hydrogen-bond acceptors (Lipinski definition) is 5. The summed E-state index contributed by atoms with van der Waals surface area (Å²) in [6.45, 7) is 5.77. The summed E-state index contributed by atoms with van der Waals surface area (Å²) in [6, 6.07) is 41.0. The molecule has 0 bridgehead atoms. The molecule has 0 spiro atoms. The van der Waals surface area contributed by atoms with E-state index in [4.69, 9.17) is 23.7 Å². The fourth-order valence-corrected chi connectivity index (χ4v) is 6.58. The Balaban J connectivity index is 1.39. The predicted molar refractivity (Wildman–Crippen MR) is 167 cm³/mol. The van der Waals surface area contributed by atoms with Gasteiger partial charge in [-0.3, -0.25) is 0 Å². The Morgan fingerprint density at radius 1 is 0.619 bits per heavy atom. The normalized spacial score (nSPS) is 22.3. The second-order valence-electron chi connectivity index (χ2n) is 10.1. The molecule has 0 aliphatic carbocycles. The third-order valence-electron chi connectivity index (χ3n) is 6.98. The van der Waals surface area contributed by atoms with Crippen LogP contribution >= 0.6 is 0 Å². The molecule has 0 radical (unpaired) electrons. The van der Waals surface area contributed by atoms with Crippen LogP contribution in [0.3, 0.4) is 0 Å². The van der Waals surface area contributed by atoms with Gasteiger partial charge in [0, 0.05) is 0 Å². The van der Waals surface area contributed by atoms with E-state index in [0.29, 0.717) is 26.4 Å². The van der Waals surface area contributed by atoms with E-state index in [1.54, 1.807) is 0 Å². The summed E-state index contributed by atoms with van der Waals surface area (Å²) in [5.74, 6) is 0. The molecule has 1 fully saturated rings. The van der Waals surface area contributed by atoms with Gasteiger partial charge in [0.05, 0.1) is 0 Å². The molecule has 218 valence electrons. The van der Waals surface area contributed by atoms with Gasteiger partial charge >= 0.3 is 256 Å². The van der Waals surface area contributed by atoms with E-state index in [2.05, 4.69) is 67.2 Å². The summed E-state index contributed by atoms with van der Waals surface area (Å²) in [4.78, 5) is 0. The Hall–Kier alpha value is -3.06. The molecule has 1 heterocycles. The summed E-state index contributed by atoms with van der Waals surface area (Å²) in [5.41, 5.74) is 3.26. The van der Waals surface area contributed by atoms with Crippen molar-refractivity contribution in [2.24, 2.45) is 0 Å². The Bertz CT molecular complexity index is 1310. The van der Waals surface area contributed by atoms with E-state index in [1.165, 1.54) is 4.46 Å². The van der Waals surface area contributed by atoms with E-state index >= 15 is 0 Å². The number of hydrogen-bond donors (Lipinski definition) is 0. The summed E-state index contributed by atoms with van der Waals surface area (Å²) in [7, 11) is 0. The Kier molecular flexibility index (Phi) is 12.0. The second-order valence-corrected chi connectivity index (χ2v) is 12.4. The van der Waals surface area contributed by atoms with Crippen LogP contribution in [0.15, 0.2) is 134 Å². The van der Waals surface area contributed by atoms with Crippen LogP contribution in [-0.4, -0.2) is 52.3 Å². The first-order chi connectivity index (χ1) is 20.8. The molecule has 5 rings (SSSR count). The van der Waals surface area contributed by atoms with Crippen molar-refractivity contribution in [3.05, 3.63) is 151 Å². The molecule has 4 aromatic rings. The van der Waals surface area contributed by atoms with Crippen molar-refractivity contribution in [3.8, 4) is 0 Å². The number of rotatable bonds is 14. The molecule has 1 aliphatic rings. The zero-order chi connectivity index (χ0) is 28.8. The van der Waals surface area contributed by atoms with Crippen molar-refractivity contribution < 1.29 is 23.7 Å². The zero-order valence-electron chi connectivity index (χ0n) is 23.7. The molecule has 0 saturated carbocycles. The summed E-state index contributed by atoms with van der Waals surface area (Å²) in [6.07, 6.45) is -0.391. The summed E-state index contributed by atoms with van der Waals surface area (Å²) < 4.78 is 34.1. The van der Waals surface area contributed by atoms with Gasteiger partial charge in [-0.1, -0.05) is 0 Å². The molecule has 1 saturated heterocycles. The number of benzene rings is 4. The number of ether oxygens (including phenoxy) is 5. The summed E-state index contributed by atoms with van der Waals surface area (Å²) in [5, 5.41) is 0.743. The van der Waals surface area contributed by atoms with Crippen LogP contribution in [0.2, 0.25) is 5.32 Å². The van der Waals surface area contributed by atoms with E-state index in [1.807, 2.05) is 66.7 Å². The minimum atomic E-state index is -0.457. The molecule has 2 unspecified atom stereocenters. The third kappa shape index (κ3) is 9.22. The van der Waals surface area contributed by atoms with Crippen LogP contribution in [0.5, 0.6) is 0 Å². The fraction of sp³-hybridized carbons (Fsp3) is 0.278. The van der Waals surface area contributed by atoms with Gasteiger partial charge < -0.3 is 0 Å². The molecule has 5 atom stereocenters. The van der Waals surface area contributed by atoms with Gasteiger partial charge in [-0.05, 0) is 0 Å². The van der Waals surface area contributed by atoms with Gasteiger partial charge in [0.15, 0.2) is 0 Å². The Morgan fingerprint density at radius 2 is 1.12 bits per heavy atom. The molecule has 6 heteroatoms. The molecule has 0 N–H and O–H groups in total. The van der Waals surface area contributed by atoms with Crippen molar-refractivity contribution in [1.29, 1.82) is 0 Å². The van der Waals surface area contributed by atoms with E-state index in [0.717, 1.165) is 22.0 Å². The van der Waals surface area contributed by atoms with Gasteiger partial charge in [-0.25, -0.2) is 0 Å². The van der Waals surface area contributed by atoms with Crippen molar-refractivity contribution in [1.82, 2.24) is 0 Å². The topological polar surface area (TPSA) is 46.2 Å². The molecule has 0 amide bonds. The van der Waals surface area contributed by atoms with Gasteiger partial charge in [-0.15, -0.1) is 0 Å². The van der Waals surface area contributed by atoms with Crippen molar-refractivity contribution in [2.75, 3.05) is 6.61 Å². The quantitative estimate of drug-likeness (QED) is 0.124. The van der Waals surface area contributed by atoms with Crippen LogP contribution in [0.25, 0.3) is 0 Å². The maximum atomic E-state index is 6.70. The van der Waals surface area contributed by atoms with Crippen molar-refractivity contribution >= 4 is 19.4 Å². The average molecular weight is 630 g/mol. The molecule has 42 heavy (non-hydrogen) atoms. The van der Waals surface area contributed by atoms with Crippen LogP contribution in [-0.2, 0) is 43.5 Å². The SMILES string of the molecule is C=CC1OC(C[Se]c2ccccc2)O[C@@H](COCc2ccccc2)[C@@H](OCc2ccccc2)[C@@H]1OCc1ccccc1. The van der Waals surface area contributed by atoms with Gasteiger partial charge in [0.25, 0.3) is 0 Å². The maximum absolute atomic E-state index is 6.70. The molecule has 4 aromatic carbocycles. The molecular weight excluding hydrogens is 591 g/mol. The van der Waals surface area contributed by atoms with Crippen molar-refractivity contribution in [2.45, 2.75) is 55.8 Å². The Morgan fingerprint density at radius 3 is 1.67 bits per heavy atom. The average Bonchev–Trinajstić information content (AvgIpc) is 3.19. The van der Waals surface area contributed by atoms with E-state index in [9.17, 15) is 0 Å². The first kappa shape index (κ1) is 30.4. The Labute approximate surface area is 255 Å². The molecular formula is C36H38O5Se. The van der Waals surface area contributed by atoms with Crippen LogP contribution < -0.4 is 4.46 Å². The first-order valence-corrected chi connectivity index (χ1v) is 16.4. The van der Waals surface area contributed by atoms with Crippen molar-refractivity contribution in [3.63, 3.8) is 0 Å². The first-order valence-electron chi connectivity index (χ1n) is 14.3. The van der Waals surface area contributed by atoms with E-state index < -0.39 is 30.7 Å². The zero-order valence-corrected chi connectivity index (χ0v) is 25.4. The van der Waals surface area contributed by atoms with Crippen LogP contribution in [0, 0.1) is 0 Å². The molecule has 5 nitrogen and oxygen atoms in total. The van der Waals surface area contributed by atoms with Gasteiger partial charge in [0.1, 0.15) is 0 Å². The molecule has 0 aromatic heterocycles. The standard InChI is InChI=1S/C36H38O5Se/c1-2-32-35(38-24-29-17-9-4-10-18-29)36(39-25-30-19-11-5-12-20-30)33(26-37-23-28-15-7-3-8-16-28)41-34(40-32)27-42-31-21-13-6-14-22-31/h2-22,32-36H,1,23-27H2/t32?,33-,34?,35+,36+/m0/s1. The van der Waals surface area contributed by atoms with Crippen LogP contribution in [0.1, 0.15) is 16.7 Å². The second kappa shape index (κ2) is 16.5. The monoisotopic (exact) mass is 630 g/mol. The molecule has 1 aliphatic heterocycles. The predicted octanol–water partition coefficient (Wildman–Crippen LogP) is 6.12. The van der Waals surface area contributed by atoms with Gasteiger partial charge in [0.2, 0.25) is 0 Å². The summed E-state index contributed by atoms with van der Waals surface area (Å²) >= 11 is 0.165. The van der Waals surface area contributed by atoms with Gasteiger partial charge in [-0.2, -0.15) is 0 Å². The van der Waals surface area contributed by atoms with Crippen LogP contribution in [0.4, 0.5) is 0 Å². The van der Waals surface area contributed by atoms with E-state index in [-0.39, 0.29) is 15.0 Å². The minimum absolute atomic E-state index is 0.165.